The Morgan fingerprint density at radius 3 is 2.79 bits per heavy atom. The molecular formula is C12H13NO. The third-order valence-corrected chi connectivity index (χ3v) is 2.26. The highest BCUT2D eigenvalue weighted by Gasteiger charge is 2.11. The topological polar surface area (TPSA) is 21.3 Å². The summed E-state index contributed by atoms with van der Waals surface area (Å²) < 4.78 is 5.30. The number of allylic oxidation sites excluding steroid dienone is 2. The molecule has 1 unspecified atom stereocenters. The molecule has 1 aliphatic heterocycles. The summed E-state index contributed by atoms with van der Waals surface area (Å²) in [5.74, 6) is 0.921. The lowest BCUT2D eigenvalue weighted by Crippen LogP contribution is -2.15. The summed E-state index contributed by atoms with van der Waals surface area (Å²) in [5, 5.41) is 3.26. The van der Waals surface area contributed by atoms with Gasteiger partial charge in [-0.05, 0) is 18.3 Å². The molecule has 0 spiro atoms. The number of methoxy groups -OCH3 is 1. The number of hydrogen-bond donors (Lipinski definition) is 1. The van der Waals surface area contributed by atoms with Crippen molar-refractivity contribution in [2.24, 2.45) is 0 Å². The van der Waals surface area contributed by atoms with Crippen LogP contribution in [0.1, 0.15) is 11.6 Å². The van der Waals surface area contributed by atoms with Gasteiger partial charge in [0.15, 0.2) is 0 Å². The zero-order valence-electron chi connectivity index (χ0n) is 8.10. The van der Waals surface area contributed by atoms with E-state index in [-0.39, 0.29) is 6.04 Å². The Bertz CT molecular complexity index is 368. The molecule has 0 saturated carbocycles. The second-order valence-corrected chi connectivity index (χ2v) is 3.13. The van der Waals surface area contributed by atoms with E-state index in [1.165, 1.54) is 0 Å². The van der Waals surface area contributed by atoms with Gasteiger partial charge in [0.1, 0.15) is 5.75 Å². The fourth-order valence-electron chi connectivity index (χ4n) is 1.56. The van der Waals surface area contributed by atoms with E-state index < -0.39 is 0 Å². The Morgan fingerprint density at radius 2 is 2.07 bits per heavy atom. The fourth-order valence-corrected chi connectivity index (χ4v) is 1.56. The summed E-state index contributed by atoms with van der Waals surface area (Å²) >= 11 is 0. The number of hydrogen-bond acceptors (Lipinski definition) is 2. The van der Waals surface area contributed by atoms with Gasteiger partial charge in [0.2, 0.25) is 0 Å². The molecule has 0 amide bonds. The maximum absolute atomic E-state index is 5.30. The number of dihydropyridines is 1. The lowest BCUT2D eigenvalue weighted by Gasteiger charge is -2.18. The quantitative estimate of drug-likeness (QED) is 0.767. The van der Waals surface area contributed by atoms with Gasteiger partial charge in [-0.25, -0.2) is 0 Å². The average Bonchev–Trinajstić information content (AvgIpc) is 2.30. The molecular weight excluding hydrogens is 174 g/mol. The van der Waals surface area contributed by atoms with Crippen LogP contribution >= 0.6 is 0 Å². The Balaban J connectivity index is 2.31. The van der Waals surface area contributed by atoms with E-state index in [2.05, 4.69) is 17.5 Å². The predicted molar refractivity (Wildman–Crippen MR) is 57.2 cm³/mol. The minimum Gasteiger partial charge on any atom is -0.496 e. The van der Waals surface area contributed by atoms with Crippen molar-refractivity contribution in [3.05, 3.63) is 54.3 Å². The smallest absolute Gasteiger partial charge is 0.124 e. The molecule has 0 aliphatic carbocycles. The van der Waals surface area contributed by atoms with Gasteiger partial charge >= 0.3 is 0 Å². The standard InChI is InChI=1S/C12H13NO/c1-14-12-8-3-2-6-10(12)11-7-4-5-9-13-11/h2-9,11,13H,1H3. The van der Waals surface area contributed by atoms with E-state index in [4.69, 9.17) is 4.74 Å². The van der Waals surface area contributed by atoms with Crippen molar-refractivity contribution >= 4 is 0 Å². The first kappa shape index (κ1) is 8.88. The number of nitrogens with one attached hydrogen (secondary N) is 1. The monoisotopic (exact) mass is 187 g/mol. The number of rotatable bonds is 2. The van der Waals surface area contributed by atoms with Crippen molar-refractivity contribution in [1.82, 2.24) is 5.32 Å². The molecule has 1 aromatic rings. The summed E-state index contributed by atoms with van der Waals surface area (Å²) in [6, 6.07) is 8.26. The molecule has 72 valence electrons. The van der Waals surface area contributed by atoms with Crippen molar-refractivity contribution in [2.45, 2.75) is 6.04 Å². The van der Waals surface area contributed by atoms with Crippen molar-refractivity contribution in [3.63, 3.8) is 0 Å². The van der Waals surface area contributed by atoms with Gasteiger partial charge in [0, 0.05) is 5.56 Å². The fraction of sp³-hybridized carbons (Fsp3) is 0.167. The molecule has 1 atom stereocenters. The molecule has 1 heterocycles. The maximum Gasteiger partial charge on any atom is 0.124 e. The van der Waals surface area contributed by atoms with E-state index in [0.717, 1.165) is 11.3 Å². The first-order valence-corrected chi connectivity index (χ1v) is 4.64. The normalized spacial score (nSPS) is 19.1. The van der Waals surface area contributed by atoms with Crippen molar-refractivity contribution in [2.75, 3.05) is 7.11 Å². The summed E-state index contributed by atoms with van der Waals surface area (Å²) in [5.41, 5.74) is 1.16. The van der Waals surface area contributed by atoms with Gasteiger partial charge in [-0.1, -0.05) is 30.4 Å². The van der Waals surface area contributed by atoms with Crippen LogP contribution in [0.15, 0.2) is 48.7 Å². The van der Waals surface area contributed by atoms with Crippen LogP contribution in [0.25, 0.3) is 0 Å². The Labute approximate surface area is 83.9 Å². The van der Waals surface area contributed by atoms with Crippen LogP contribution in [-0.4, -0.2) is 7.11 Å². The third kappa shape index (κ3) is 1.64. The van der Waals surface area contributed by atoms with E-state index in [0.29, 0.717) is 0 Å². The molecule has 1 aromatic carbocycles. The van der Waals surface area contributed by atoms with Crippen LogP contribution in [0, 0.1) is 0 Å². The summed E-state index contributed by atoms with van der Waals surface area (Å²) in [7, 11) is 1.70. The molecule has 0 radical (unpaired) electrons. The number of para-hydroxylation sites is 1. The molecule has 2 nitrogen and oxygen atoms in total. The van der Waals surface area contributed by atoms with Crippen molar-refractivity contribution in [1.29, 1.82) is 0 Å². The van der Waals surface area contributed by atoms with Gasteiger partial charge < -0.3 is 10.1 Å². The molecule has 0 bridgehead atoms. The summed E-state index contributed by atoms with van der Waals surface area (Å²) in [4.78, 5) is 0. The van der Waals surface area contributed by atoms with Gasteiger partial charge in [0.05, 0.1) is 13.2 Å². The number of ether oxygens (including phenoxy) is 1. The largest absolute Gasteiger partial charge is 0.496 e. The Hall–Kier alpha value is -1.70. The second-order valence-electron chi connectivity index (χ2n) is 3.13. The Morgan fingerprint density at radius 1 is 1.21 bits per heavy atom. The first-order valence-electron chi connectivity index (χ1n) is 4.64. The van der Waals surface area contributed by atoms with E-state index in [1.807, 2.05) is 36.6 Å². The SMILES string of the molecule is COc1ccccc1C1C=CC=CN1. The minimum absolute atomic E-state index is 0.219. The van der Waals surface area contributed by atoms with Crippen LogP contribution in [0.4, 0.5) is 0 Å². The van der Waals surface area contributed by atoms with Crippen LogP contribution in [0.3, 0.4) is 0 Å². The zero-order chi connectivity index (χ0) is 9.80. The summed E-state index contributed by atoms with van der Waals surface area (Å²) in [6.07, 6.45) is 8.06. The van der Waals surface area contributed by atoms with Crippen LogP contribution in [-0.2, 0) is 0 Å². The van der Waals surface area contributed by atoms with Gasteiger partial charge in [-0.2, -0.15) is 0 Å². The van der Waals surface area contributed by atoms with E-state index in [1.54, 1.807) is 7.11 Å². The summed E-state index contributed by atoms with van der Waals surface area (Å²) in [6.45, 7) is 0. The van der Waals surface area contributed by atoms with Gasteiger partial charge in [-0.3, -0.25) is 0 Å². The molecule has 2 rings (SSSR count). The average molecular weight is 187 g/mol. The van der Waals surface area contributed by atoms with Gasteiger partial charge in [-0.15, -0.1) is 0 Å². The predicted octanol–water partition coefficient (Wildman–Crippen LogP) is 2.41. The Kier molecular flexibility index (Phi) is 2.54. The van der Waals surface area contributed by atoms with Crippen molar-refractivity contribution < 1.29 is 4.74 Å². The molecule has 0 saturated heterocycles. The lowest BCUT2D eigenvalue weighted by molar-refractivity contribution is 0.406. The highest BCUT2D eigenvalue weighted by Crippen LogP contribution is 2.26. The highest BCUT2D eigenvalue weighted by molar-refractivity contribution is 5.39. The second kappa shape index (κ2) is 4.01. The first-order chi connectivity index (χ1) is 6.92. The van der Waals surface area contributed by atoms with Crippen LogP contribution < -0.4 is 10.1 Å². The molecule has 1 N–H and O–H groups in total. The molecule has 1 aliphatic rings. The maximum atomic E-state index is 5.30. The van der Waals surface area contributed by atoms with E-state index >= 15 is 0 Å². The van der Waals surface area contributed by atoms with Crippen molar-refractivity contribution in [3.8, 4) is 5.75 Å². The highest BCUT2D eigenvalue weighted by atomic mass is 16.5. The lowest BCUT2D eigenvalue weighted by atomic mass is 10.0. The molecule has 14 heavy (non-hydrogen) atoms. The van der Waals surface area contributed by atoms with Crippen LogP contribution in [0.5, 0.6) is 5.75 Å². The molecule has 0 aromatic heterocycles. The molecule has 0 fully saturated rings. The minimum atomic E-state index is 0.219. The molecule has 2 heteroatoms. The van der Waals surface area contributed by atoms with E-state index in [9.17, 15) is 0 Å². The zero-order valence-corrected chi connectivity index (χ0v) is 8.10. The van der Waals surface area contributed by atoms with Crippen LogP contribution in [0.2, 0.25) is 0 Å². The number of benzene rings is 1. The van der Waals surface area contributed by atoms with Gasteiger partial charge in [0.25, 0.3) is 0 Å². The third-order valence-electron chi connectivity index (χ3n) is 2.26.